The summed E-state index contributed by atoms with van der Waals surface area (Å²) in [6.07, 6.45) is 8.22. The fourth-order valence-corrected chi connectivity index (χ4v) is 11.6. The minimum absolute atomic E-state index is 0.181. The van der Waals surface area contributed by atoms with Crippen molar-refractivity contribution in [2.45, 2.75) is 37.4 Å². The number of allylic oxidation sites excluding steroid dienone is 4. The molecule has 74 valence electrons. The van der Waals surface area contributed by atoms with Gasteiger partial charge in [0, 0.05) is 4.66 Å². The molecule has 1 aliphatic rings. The molecule has 0 saturated heterocycles. The Morgan fingerprint density at radius 3 is 1.46 bits per heavy atom. The van der Waals surface area contributed by atoms with Crippen LogP contribution in [0.4, 0.5) is 4.11 Å². The Balaban J connectivity index is 3.19. The molecule has 1 aliphatic carbocycles. The van der Waals surface area contributed by atoms with Crippen molar-refractivity contribution in [3.63, 3.8) is 0 Å². The second-order valence-corrected chi connectivity index (χ2v) is 14.9. The quantitative estimate of drug-likeness (QED) is 0.483. The molecule has 13 heavy (non-hydrogen) atoms. The van der Waals surface area contributed by atoms with E-state index in [-0.39, 0.29) is 4.66 Å². The van der Waals surface area contributed by atoms with E-state index in [0.717, 1.165) is 0 Å². The number of hydrogen-bond acceptors (Lipinski definition) is 0. The van der Waals surface area contributed by atoms with Crippen molar-refractivity contribution in [2.24, 2.45) is 0 Å². The van der Waals surface area contributed by atoms with E-state index in [4.69, 9.17) is 0 Å². The summed E-state index contributed by atoms with van der Waals surface area (Å²) in [7, 11) is -4.12. The first-order valence-corrected chi connectivity index (χ1v) is 11.1. The van der Waals surface area contributed by atoms with Crippen molar-refractivity contribution in [3.05, 3.63) is 24.3 Å². The van der Waals surface area contributed by atoms with Gasteiger partial charge in [-0.3, -0.25) is 0 Å². The Morgan fingerprint density at radius 1 is 0.923 bits per heavy atom. The Labute approximate surface area is 82.7 Å². The van der Waals surface area contributed by atoms with Gasteiger partial charge in [-0.15, -0.1) is 0 Å². The van der Waals surface area contributed by atoms with E-state index >= 15 is 0 Å². The van der Waals surface area contributed by atoms with E-state index in [1.165, 1.54) is 0 Å². The predicted molar refractivity (Wildman–Crippen MR) is 62.9 cm³/mol. The summed E-state index contributed by atoms with van der Waals surface area (Å²) in [6, 6.07) is 0. The van der Waals surface area contributed by atoms with Crippen LogP contribution in [0.15, 0.2) is 24.3 Å². The molecule has 0 bridgehead atoms. The van der Waals surface area contributed by atoms with Crippen LogP contribution in [0.2, 0.25) is 37.4 Å². The molecule has 0 aromatic heterocycles. The van der Waals surface area contributed by atoms with Gasteiger partial charge >= 0.3 is 0 Å². The Hall–Kier alpha value is -0.156. The van der Waals surface area contributed by atoms with Crippen LogP contribution in [0.5, 0.6) is 0 Å². The molecule has 0 amide bonds. The Morgan fingerprint density at radius 2 is 1.31 bits per heavy atom. The molecular weight excluding hydrogens is 195 g/mol. The zero-order valence-corrected chi connectivity index (χ0v) is 11.2. The van der Waals surface area contributed by atoms with Crippen LogP contribution >= 0.6 is 0 Å². The SMILES string of the molecule is C[Si](C)(C)C1([Si](C)(C)F)C=CC=C1. The lowest BCUT2D eigenvalue weighted by molar-refractivity contribution is 0.757. The van der Waals surface area contributed by atoms with E-state index in [2.05, 4.69) is 31.8 Å². The average Bonchev–Trinajstić information content (AvgIpc) is 2.28. The molecule has 0 heterocycles. The fourth-order valence-electron chi connectivity index (χ4n) is 2.26. The van der Waals surface area contributed by atoms with E-state index in [1.807, 2.05) is 25.2 Å². The van der Waals surface area contributed by atoms with Gasteiger partial charge in [0.25, 0.3) is 8.41 Å². The number of rotatable bonds is 2. The lowest BCUT2D eigenvalue weighted by Crippen LogP contribution is -2.51. The lowest BCUT2D eigenvalue weighted by Gasteiger charge is -2.43. The third-order valence-electron chi connectivity index (χ3n) is 3.05. The maximum absolute atomic E-state index is 14.3. The zero-order valence-electron chi connectivity index (χ0n) is 9.19. The van der Waals surface area contributed by atoms with Crippen molar-refractivity contribution in [1.82, 2.24) is 0 Å². The van der Waals surface area contributed by atoms with Gasteiger partial charge in [-0.1, -0.05) is 43.9 Å². The summed E-state index contributed by atoms with van der Waals surface area (Å²) < 4.78 is 14.1. The molecule has 0 aliphatic heterocycles. The first kappa shape index (κ1) is 10.9. The highest BCUT2D eigenvalue weighted by Gasteiger charge is 2.54. The Bertz CT molecular complexity index is 225. The molecule has 0 spiro atoms. The topological polar surface area (TPSA) is 0 Å². The van der Waals surface area contributed by atoms with Crippen LogP contribution in [0.1, 0.15) is 0 Å². The van der Waals surface area contributed by atoms with Gasteiger partial charge in [-0.05, 0) is 13.1 Å². The van der Waals surface area contributed by atoms with Gasteiger partial charge in [0.2, 0.25) is 0 Å². The smallest absolute Gasteiger partial charge is 0.251 e. The first-order valence-electron chi connectivity index (χ1n) is 4.77. The minimum Gasteiger partial charge on any atom is -0.313 e. The zero-order chi connectivity index (χ0) is 10.3. The highest BCUT2D eigenvalue weighted by molar-refractivity contribution is 6.98. The average molecular weight is 214 g/mol. The van der Waals surface area contributed by atoms with Gasteiger partial charge in [-0.2, -0.15) is 0 Å². The van der Waals surface area contributed by atoms with Crippen LogP contribution in [0.3, 0.4) is 0 Å². The normalized spacial score (nSPS) is 21.1. The van der Waals surface area contributed by atoms with Crippen LogP contribution in [0, 0.1) is 0 Å². The lowest BCUT2D eigenvalue weighted by atomic mass is 10.4. The van der Waals surface area contributed by atoms with Gasteiger partial charge in [0.05, 0.1) is 8.07 Å². The summed E-state index contributed by atoms with van der Waals surface area (Å²) >= 11 is 0. The standard InChI is InChI=1S/C10H19FSi2/c1-12(2,3)10(13(4,5)11)8-6-7-9-10/h6-9H,1-5H3. The van der Waals surface area contributed by atoms with Crippen molar-refractivity contribution < 1.29 is 4.11 Å². The number of hydrogen-bond donors (Lipinski definition) is 0. The third kappa shape index (κ3) is 1.59. The van der Waals surface area contributed by atoms with E-state index in [0.29, 0.717) is 0 Å². The third-order valence-corrected chi connectivity index (χ3v) is 12.2. The van der Waals surface area contributed by atoms with Crippen LogP contribution in [0.25, 0.3) is 0 Å². The van der Waals surface area contributed by atoms with E-state index in [9.17, 15) is 4.11 Å². The molecule has 1 rings (SSSR count). The molecule has 3 heteroatoms. The molecule has 0 N–H and O–H groups in total. The summed E-state index contributed by atoms with van der Waals surface area (Å²) in [4.78, 5) is 0. The molecule has 0 unspecified atom stereocenters. The largest absolute Gasteiger partial charge is 0.313 e. The van der Waals surface area contributed by atoms with Crippen molar-refractivity contribution >= 4 is 16.5 Å². The Kier molecular flexibility index (Phi) is 2.45. The van der Waals surface area contributed by atoms with Crippen molar-refractivity contribution in [3.8, 4) is 0 Å². The molecule has 0 aromatic carbocycles. The van der Waals surface area contributed by atoms with Crippen LogP contribution in [-0.2, 0) is 0 Å². The fraction of sp³-hybridized carbons (Fsp3) is 0.600. The summed E-state index contributed by atoms with van der Waals surface area (Å²) in [5.41, 5.74) is 0. The second-order valence-electron chi connectivity index (χ2n) is 5.31. The van der Waals surface area contributed by atoms with Crippen LogP contribution in [-0.4, -0.2) is 16.5 Å². The van der Waals surface area contributed by atoms with Crippen LogP contribution < -0.4 is 0 Å². The number of halogens is 1. The van der Waals surface area contributed by atoms with Gasteiger partial charge in [0.15, 0.2) is 0 Å². The van der Waals surface area contributed by atoms with Crippen molar-refractivity contribution in [1.29, 1.82) is 0 Å². The summed E-state index contributed by atoms with van der Waals surface area (Å²) in [5, 5.41) is 0. The van der Waals surface area contributed by atoms with Gasteiger partial charge in [-0.25, -0.2) is 0 Å². The molecule has 0 aromatic rings. The van der Waals surface area contributed by atoms with E-state index in [1.54, 1.807) is 0 Å². The van der Waals surface area contributed by atoms with E-state index < -0.39 is 16.5 Å². The molecule has 0 saturated carbocycles. The molecule has 0 fully saturated rings. The highest BCUT2D eigenvalue weighted by Crippen LogP contribution is 2.51. The monoisotopic (exact) mass is 214 g/mol. The van der Waals surface area contributed by atoms with Crippen molar-refractivity contribution in [2.75, 3.05) is 0 Å². The second kappa shape index (κ2) is 2.92. The molecule has 0 radical (unpaired) electrons. The molecule has 0 atom stereocenters. The summed E-state index contributed by atoms with van der Waals surface area (Å²) in [6.45, 7) is 10.4. The molecule has 0 nitrogen and oxygen atoms in total. The maximum atomic E-state index is 14.3. The highest BCUT2D eigenvalue weighted by atomic mass is 28.4. The minimum atomic E-state index is -2.62. The van der Waals surface area contributed by atoms with Gasteiger partial charge in [0.1, 0.15) is 0 Å². The molecular formula is C10H19FSi2. The predicted octanol–water partition coefficient (Wildman–Crippen LogP) is 3.90. The maximum Gasteiger partial charge on any atom is 0.251 e. The van der Waals surface area contributed by atoms with Gasteiger partial charge < -0.3 is 4.11 Å². The summed E-state index contributed by atoms with van der Waals surface area (Å²) in [5.74, 6) is 0. The first-order chi connectivity index (χ1) is 5.71.